The summed E-state index contributed by atoms with van der Waals surface area (Å²) in [5.74, 6) is 0.368. The fourth-order valence-corrected chi connectivity index (χ4v) is 2.90. The van der Waals surface area contributed by atoms with E-state index < -0.39 is 11.5 Å². The van der Waals surface area contributed by atoms with E-state index in [1.54, 1.807) is 38.4 Å². The minimum absolute atomic E-state index is 0. The van der Waals surface area contributed by atoms with Gasteiger partial charge in [0, 0.05) is 12.1 Å². The van der Waals surface area contributed by atoms with Gasteiger partial charge < -0.3 is 38.8 Å². The minimum atomic E-state index is -0.708. The number of pyridine rings is 1. The molecule has 0 saturated heterocycles. The van der Waals surface area contributed by atoms with E-state index in [1.165, 1.54) is 5.56 Å². The molecule has 0 atom stereocenters. The first-order chi connectivity index (χ1) is 13.6. The van der Waals surface area contributed by atoms with E-state index in [0.29, 0.717) is 17.2 Å². The lowest BCUT2D eigenvalue weighted by Gasteiger charge is -2.25. The molecule has 6 nitrogen and oxygen atoms in total. The number of amides is 1. The monoisotopic (exact) mass is 526 g/mol. The van der Waals surface area contributed by atoms with Crippen LogP contribution in [0.2, 0.25) is 0 Å². The SMILES string of the molecule is Cc1cc(OCC(=O)OCC(C)(C)NC(=O)c2cc[n+](C)cc2)ccc1C(C)C.[I-]. The highest BCUT2D eigenvalue weighted by atomic mass is 127. The second-order valence-corrected chi connectivity index (χ2v) is 8.21. The smallest absolute Gasteiger partial charge is 0.344 e. The second-order valence-electron chi connectivity index (χ2n) is 8.21. The Morgan fingerprint density at radius 3 is 2.33 bits per heavy atom. The topological polar surface area (TPSA) is 68.5 Å². The van der Waals surface area contributed by atoms with Gasteiger partial charge in [-0.1, -0.05) is 19.9 Å². The number of hydrogen-bond acceptors (Lipinski definition) is 4. The maximum Gasteiger partial charge on any atom is 0.344 e. The van der Waals surface area contributed by atoms with Crippen LogP contribution in [0.5, 0.6) is 5.75 Å². The molecule has 1 N–H and O–H groups in total. The van der Waals surface area contributed by atoms with Gasteiger partial charge in [-0.15, -0.1) is 0 Å². The Morgan fingerprint density at radius 2 is 1.77 bits per heavy atom. The molecule has 0 unspecified atom stereocenters. The Balaban J connectivity index is 0.00000450. The molecule has 0 spiro atoms. The van der Waals surface area contributed by atoms with Crippen LogP contribution in [0.1, 0.15) is 55.1 Å². The first kappa shape index (κ1) is 25.9. The molecule has 164 valence electrons. The summed E-state index contributed by atoms with van der Waals surface area (Å²) in [6.07, 6.45) is 3.60. The van der Waals surface area contributed by atoms with Gasteiger partial charge in [0.25, 0.3) is 5.91 Å². The highest BCUT2D eigenvalue weighted by Crippen LogP contribution is 2.23. The van der Waals surface area contributed by atoms with Crippen LogP contribution in [0.15, 0.2) is 42.7 Å². The van der Waals surface area contributed by atoms with Crippen LogP contribution in [-0.4, -0.2) is 30.6 Å². The number of hydrogen-bond donors (Lipinski definition) is 1. The van der Waals surface area contributed by atoms with Gasteiger partial charge in [-0.25, -0.2) is 9.36 Å². The first-order valence-electron chi connectivity index (χ1n) is 9.74. The van der Waals surface area contributed by atoms with Crippen molar-refractivity contribution in [2.24, 2.45) is 7.05 Å². The van der Waals surface area contributed by atoms with Crippen molar-refractivity contribution in [2.75, 3.05) is 13.2 Å². The number of aryl methyl sites for hydroxylation is 2. The van der Waals surface area contributed by atoms with E-state index in [1.807, 2.05) is 36.7 Å². The van der Waals surface area contributed by atoms with E-state index in [4.69, 9.17) is 9.47 Å². The number of esters is 1. The van der Waals surface area contributed by atoms with Gasteiger partial charge in [0.1, 0.15) is 19.4 Å². The zero-order valence-corrected chi connectivity index (χ0v) is 20.6. The van der Waals surface area contributed by atoms with Crippen molar-refractivity contribution in [3.05, 3.63) is 59.4 Å². The summed E-state index contributed by atoms with van der Waals surface area (Å²) in [6, 6.07) is 9.27. The summed E-state index contributed by atoms with van der Waals surface area (Å²) in [7, 11) is 1.88. The van der Waals surface area contributed by atoms with Crippen molar-refractivity contribution < 1.29 is 47.6 Å². The molecule has 2 aromatic rings. The van der Waals surface area contributed by atoms with Crippen LogP contribution in [0, 0.1) is 6.92 Å². The van der Waals surface area contributed by atoms with Crippen LogP contribution < -0.4 is 38.6 Å². The maximum absolute atomic E-state index is 12.3. The van der Waals surface area contributed by atoms with E-state index in [9.17, 15) is 9.59 Å². The number of benzene rings is 1. The third-order valence-electron chi connectivity index (χ3n) is 4.51. The van der Waals surface area contributed by atoms with Crippen LogP contribution >= 0.6 is 0 Å². The normalized spacial score (nSPS) is 10.9. The molecule has 1 aromatic carbocycles. The second kappa shape index (κ2) is 11.3. The molecule has 0 bridgehead atoms. The molecule has 1 amide bonds. The molecule has 0 aliphatic carbocycles. The Kier molecular flexibility index (Phi) is 9.74. The molecule has 0 aliphatic heterocycles. The van der Waals surface area contributed by atoms with Gasteiger partial charge in [-0.05, 0) is 49.9 Å². The fraction of sp³-hybridized carbons (Fsp3) is 0.435. The van der Waals surface area contributed by atoms with Crippen LogP contribution in [-0.2, 0) is 16.6 Å². The lowest BCUT2D eigenvalue weighted by Crippen LogP contribution is -3.00. The number of ether oxygens (including phenoxy) is 2. The quantitative estimate of drug-likeness (QED) is 0.301. The Labute approximate surface area is 196 Å². The van der Waals surface area contributed by atoms with Crippen molar-refractivity contribution in [3.8, 4) is 5.75 Å². The van der Waals surface area contributed by atoms with Crippen molar-refractivity contribution in [3.63, 3.8) is 0 Å². The molecular weight excluding hydrogens is 495 g/mol. The van der Waals surface area contributed by atoms with Gasteiger partial charge in [0.2, 0.25) is 0 Å². The lowest BCUT2D eigenvalue weighted by molar-refractivity contribution is -0.671. The summed E-state index contributed by atoms with van der Waals surface area (Å²) in [4.78, 5) is 24.4. The highest BCUT2D eigenvalue weighted by Gasteiger charge is 2.24. The average Bonchev–Trinajstić information content (AvgIpc) is 2.64. The summed E-state index contributed by atoms with van der Waals surface area (Å²) in [6.45, 7) is 9.77. The molecule has 0 saturated carbocycles. The van der Waals surface area contributed by atoms with Crippen molar-refractivity contribution in [2.45, 2.75) is 46.1 Å². The molecule has 30 heavy (non-hydrogen) atoms. The third-order valence-corrected chi connectivity index (χ3v) is 4.51. The summed E-state index contributed by atoms with van der Waals surface area (Å²) < 4.78 is 12.7. The average molecular weight is 526 g/mol. The van der Waals surface area contributed by atoms with E-state index in [-0.39, 0.29) is 43.1 Å². The lowest BCUT2D eigenvalue weighted by atomic mass is 9.98. The molecule has 0 fully saturated rings. The van der Waals surface area contributed by atoms with Crippen LogP contribution in [0.3, 0.4) is 0 Å². The van der Waals surface area contributed by atoms with E-state index >= 15 is 0 Å². The van der Waals surface area contributed by atoms with Gasteiger partial charge in [0.05, 0.1) is 11.1 Å². The fourth-order valence-electron chi connectivity index (χ4n) is 2.90. The van der Waals surface area contributed by atoms with Crippen molar-refractivity contribution >= 4 is 11.9 Å². The number of nitrogens with one attached hydrogen (secondary N) is 1. The minimum Gasteiger partial charge on any atom is -1.00 e. The molecule has 0 aliphatic rings. The van der Waals surface area contributed by atoms with Crippen molar-refractivity contribution in [1.82, 2.24) is 5.32 Å². The summed E-state index contributed by atoms with van der Waals surface area (Å²) >= 11 is 0. The largest absolute Gasteiger partial charge is 1.00 e. The zero-order valence-electron chi connectivity index (χ0n) is 18.5. The van der Waals surface area contributed by atoms with E-state index in [0.717, 1.165) is 5.56 Å². The molecule has 7 heteroatoms. The molecule has 0 radical (unpaired) electrons. The molecule has 1 heterocycles. The van der Waals surface area contributed by atoms with Gasteiger partial charge in [0.15, 0.2) is 19.0 Å². The number of nitrogens with zero attached hydrogens (tertiary/aromatic N) is 1. The van der Waals surface area contributed by atoms with Gasteiger partial charge in [-0.3, -0.25) is 4.79 Å². The first-order valence-corrected chi connectivity index (χ1v) is 9.74. The van der Waals surface area contributed by atoms with Crippen LogP contribution in [0.25, 0.3) is 0 Å². The predicted molar refractivity (Wildman–Crippen MR) is 111 cm³/mol. The number of halogens is 1. The molecule has 2 rings (SSSR count). The Morgan fingerprint density at radius 1 is 1.13 bits per heavy atom. The summed E-state index contributed by atoms with van der Waals surface area (Å²) in [5, 5.41) is 2.88. The number of carbonyl (C=O) groups is 2. The number of aromatic nitrogens is 1. The molecule has 1 aromatic heterocycles. The Hall–Kier alpha value is -2.16. The predicted octanol–water partition coefficient (Wildman–Crippen LogP) is 0.0775. The maximum atomic E-state index is 12.3. The standard InChI is InChI=1S/C23H30N2O4.HI/c1-16(2)20-8-7-19(13-17(20)3)28-14-21(26)29-15-23(4,5)24-22(27)18-9-11-25(6)12-10-18;/h7-13,16H,14-15H2,1-6H3;1H. The zero-order chi connectivity index (χ0) is 21.6. The highest BCUT2D eigenvalue weighted by molar-refractivity contribution is 5.94. The third kappa shape index (κ3) is 7.93. The number of rotatable bonds is 8. The van der Waals surface area contributed by atoms with Crippen molar-refractivity contribution in [1.29, 1.82) is 0 Å². The van der Waals surface area contributed by atoms with Crippen LogP contribution in [0.4, 0.5) is 0 Å². The number of carbonyl (C=O) groups excluding carboxylic acids is 2. The summed E-state index contributed by atoms with van der Waals surface area (Å²) in [5.41, 5.74) is 2.22. The Bertz CT molecular complexity index is 864. The van der Waals surface area contributed by atoms with Gasteiger partial charge >= 0.3 is 5.97 Å². The van der Waals surface area contributed by atoms with E-state index in [2.05, 4.69) is 19.2 Å². The molecular formula is C23H31IN2O4. The van der Waals surface area contributed by atoms with Gasteiger partial charge in [-0.2, -0.15) is 0 Å².